The Labute approximate surface area is 187 Å². The van der Waals surface area contributed by atoms with Crippen molar-refractivity contribution >= 4 is 0 Å². The topological polar surface area (TPSA) is 9.23 Å². The molecule has 170 valence electrons. The predicted molar refractivity (Wildman–Crippen MR) is 130 cm³/mol. The molecule has 1 aromatic rings. The molecule has 0 aliphatic heterocycles. The molecule has 2 aliphatic carbocycles. The zero-order chi connectivity index (χ0) is 21.0. The Hall–Kier alpha value is -0.980. The predicted octanol–water partition coefficient (Wildman–Crippen LogP) is 8.99. The molecule has 0 bridgehead atoms. The quantitative estimate of drug-likeness (QED) is 0.311. The SMILES string of the molecule is CCCCC1CCC(CCc2ccc(OCCCC3CCCCC3CC)cc2)CC1. The lowest BCUT2D eigenvalue weighted by Crippen LogP contribution is -2.19. The summed E-state index contributed by atoms with van der Waals surface area (Å²) >= 11 is 0. The highest BCUT2D eigenvalue weighted by atomic mass is 16.5. The van der Waals surface area contributed by atoms with Crippen molar-refractivity contribution in [3.63, 3.8) is 0 Å². The fraction of sp³-hybridized carbons (Fsp3) is 0.793. The molecular formula is C29H48O. The van der Waals surface area contributed by atoms with Gasteiger partial charge in [-0.3, -0.25) is 0 Å². The molecule has 2 fully saturated rings. The van der Waals surface area contributed by atoms with Gasteiger partial charge in [-0.15, -0.1) is 0 Å². The van der Waals surface area contributed by atoms with Crippen molar-refractivity contribution in [3.05, 3.63) is 29.8 Å². The standard InChI is InChI=1S/C29H48O/c1-3-5-9-24-13-15-25(16-14-24)17-18-26-19-21-29(22-20-26)30-23-8-12-28-11-7-6-10-27(28)4-2/h19-22,24-25,27-28H,3-18,23H2,1-2H3. The van der Waals surface area contributed by atoms with Gasteiger partial charge >= 0.3 is 0 Å². The van der Waals surface area contributed by atoms with Crippen LogP contribution in [0.15, 0.2) is 24.3 Å². The molecule has 0 aromatic heterocycles. The average Bonchev–Trinajstić information content (AvgIpc) is 2.81. The van der Waals surface area contributed by atoms with E-state index in [1.54, 1.807) is 0 Å². The zero-order valence-electron chi connectivity index (χ0n) is 20.0. The second kappa shape index (κ2) is 13.4. The Kier molecular flexibility index (Phi) is 10.6. The highest BCUT2D eigenvalue weighted by molar-refractivity contribution is 5.27. The molecule has 0 heterocycles. The monoisotopic (exact) mass is 412 g/mol. The molecule has 0 saturated heterocycles. The third kappa shape index (κ3) is 7.93. The van der Waals surface area contributed by atoms with Gasteiger partial charge in [0.2, 0.25) is 0 Å². The molecule has 2 saturated carbocycles. The average molecular weight is 413 g/mol. The summed E-state index contributed by atoms with van der Waals surface area (Å²) in [7, 11) is 0. The third-order valence-corrected chi connectivity index (χ3v) is 8.28. The molecule has 30 heavy (non-hydrogen) atoms. The van der Waals surface area contributed by atoms with Crippen LogP contribution in [0.3, 0.4) is 0 Å². The molecule has 1 aromatic carbocycles. The smallest absolute Gasteiger partial charge is 0.119 e. The van der Waals surface area contributed by atoms with Crippen LogP contribution in [0.2, 0.25) is 0 Å². The van der Waals surface area contributed by atoms with Crippen LogP contribution >= 0.6 is 0 Å². The van der Waals surface area contributed by atoms with Crippen molar-refractivity contribution in [2.45, 2.75) is 117 Å². The maximum atomic E-state index is 6.06. The number of rotatable bonds is 12. The first kappa shape index (κ1) is 23.7. The highest BCUT2D eigenvalue weighted by Crippen LogP contribution is 2.35. The molecule has 0 amide bonds. The molecule has 1 nitrogen and oxygen atoms in total. The zero-order valence-corrected chi connectivity index (χ0v) is 20.0. The first-order chi connectivity index (χ1) is 14.8. The minimum absolute atomic E-state index is 0.882. The summed E-state index contributed by atoms with van der Waals surface area (Å²) < 4.78 is 6.06. The van der Waals surface area contributed by atoms with Gasteiger partial charge in [-0.05, 0) is 67.1 Å². The Morgan fingerprint density at radius 1 is 0.733 bits per heavy atom. The fourth-order valence-electron chi connectivity index (χ4n) is 6.16. The van der Waals surface area contributed by atoms with Crippen LogP contribution < -0.4 is 4.74 Å². The van der Waals surface area contributed by atoms with Gasteiger partial charge in [-0.1, -0.05) is 103 Å². The molecule has 2 unspecified atom stereocenters. The van der Waals surface area contributed by atoms with E-state index in [0.717, 1.165) is 36.0 Å². The second-order valence-corrected chi connectivity index (χ2v) is 10.4. The minimum Gasteiger partial charge on any atom is -0.494 e. The van der Waals surface area contributed by atoms with Crippen molar-refractivity contribution in [1.82, 2.24) is 0 Å². The van der Waals surface area contributed by atoms with Crippen LogP contribution in [0, 0.1) is 23.7 Å². The van der Waals surface area contributed by atoms with Crippen molar-refractivity contribution in [2.24, 2.45) is 23.7 Å². The Balaban J connectivity index is 1.28. The van der Waals surface area contributed by atoms with E-state index in [9.17, 15) is 0 Å². The van der Waals surface area contributed by atoms with Crippen LogP contribution in [0.4, 0.5) is 0 Å². The number of benzene rings is 1. The molecule has 2 atom stereocenters. The van der Waals surface area contributed by atoms with Crippen LogP contribution in [-0.2, 0) is 6.42 Å². The fourth-order valence-corrected chi connectivity index (χ4v) is 6.16. The molecule has 1 heteroatoms. The molecule has 0 radical (unpaired) electrons. The van der Waals surface area contributed by atoms with Gasteiger partial charge < -0.3 is 4.74 Å². The maximum Gasteiger partial charge on any atom is 0.119 e. The van der Waals surface area contributed by atoms with E-state index < -0.39 is 0 Å². The van der Waals surface area contributed by atoms with Gasteiger partial charge in [0.1, 0.15) is 5.75 Å². The van der Waals surface area contributed by atoms with Crippen LogP contribution in [0.1, 0.15) is 116 Å². The van der Waals surface area contributed by atoms with Crippen LogP contribution in [0.5, 0.6) is 5.75 Å². The molecule has 3 rings (SSSR count). The normalized spacial score (nSPS) is 27.1. The Morgan fingerprint density at radius 2 is 1.40 bits per heavy atom. The largest absolute Gasteiger partial charge is 0.494 e. The Morgan fingerprint density at radius 3 is 2.07 bits per heavy atom. The lowest BCUT2D eigenvalue weighted by atomic mass is 9.76. The number of ether oxygens (including phenoxy) is 1. The summed E-state index contributed by atoms with van der Waals surface area (Å²) in [5, 5.41) is 0. The van der Waals surface area contributed by atoms with E-state index in [-0.39, 0.29) is 0 Å². The van der Waals surface area contributed by atoms with Gasteiger partial charge in [0, 0.05) is 0 Å². The van der Waals surface area contributed by atoms with Gasteiger partial charge in [0.15, 0.2) is 0 Å². The lowest BCUT2D eigenvalue weighted by molar-refractivity contribution is 0.199. The Bertz CT molecular complexity index is 554. The van der Waals surface area contributed by atoms with Gasteiger partial charge in [0.05, 0.1) is 6.61 Å². The first-order valence-corrected chi connectivity index (χ1v) is 13.5. The number of aryl methyl sites for hydroxylation is 1. The minimum atomic E-state index is 0.882. The molecule has 2 aliphatic rings. The van der Waals surface area contributed by atoms with Crippen LogP contribution in [0.25, 0.3) is 0 Å². The second-order valence-electron chi connectivity index (χ2n) is 10.4. The molecule has 0 spiro atoms. The first-order valence-electron chi connectivity index (χ1n) is 13.5. The van der Waals surface area contributed by atoms with Gasteiger partial charge in [-0.2, -0.15) is 0 Å². The van der Waals surface area contributed by atoms with E-state index in [1.807, 2.05) is 0 Å². The van der Waals surface area contributed by atoms with Gasteiger partial charge in [-0.25, -0.2) is 0 Å². The summed E-state index contributed by atoms with van der Waals surface area (Å²) in [5.74, 6) is 4.99. The third-order valence-electron chi connectivity index (χ3n) is 8.28. The summed E-state index contributed by atoms with van der Waals surface area (Å²) in [5.41, 5.74) is 1.49. The summed E-state index contributed by atoms with van der Waals surface area (Å²) in [6.45, 7) is 5.58. The van der Waals surface area contributed by atoms with E-state index in [4.69, 9.17) is 4.74 Å². The highest BCUT2D eigenvalue weighted by Gasteiger charge is 2.23. The van der Waals surface area contributed by atoms with Crippen molar-refractivity contribution < 1.29 is 4.74 Å². The summed E-state index contributed by atoms with van der Waals surface area (Å²) in [6, 6.07) is 9.01. The van der Waals surface area contributed by atoms with E-state index in [1.165, 1.54) is 108 Å². The van der Waals surface area contributed by atoms with Crippen molar-refractivity contribution in [2.75, 3.05) is 6.61 Å². The van der Waals surface area contributed by atoms with Crippen molar-refractivity contribution in [1.29, 1.82) is 0 Å². The molecule has 0 N–H and O–H groups in total. The number of unbranched alkanes of at least 4 members (excludes halogenated alkanes) is 1. The summed E-state index contributed by atoms with van der Waals surface area (Å²) in [4.78, 5) is 0. The number of hydrogen-bond donors (Lipinski definition) is 0. The summed E-state index contributed by atoms with van der Waals surface area (Å²) in [6.07, 6.45) is 22.5. The van der Waals surface area contributed by atoms with E-state index >= 15 is 0 Å². The van der Waals surface area contributed by atoms with E-state index in [0.29, 0.717) is 0 Å². The van der Waals surface area contributed by atoms with Crippen LogP contribution in [-0.4, -0.2) is 6.61 Å². The number of hydrogen-bond acceptors (Lipinski definition) is 1. The van der Waals surface area contributed by atoms with Crippen molar-refractivity contribution in [3.8, 4) is 5.75 Å². The molecular weight excluding hydrogens is 364 g/mol. The van der Waals surface area contributed by atoms with Gasteiger partial charge in [0.25, 0.3) is 0 Å². The lowest BCUT2D eigenvalue weighted by Gasteiger charge is -2.30. The maximum absolute atomic E-state index is 6.06. The van der Waals surface area contributed by atoms with E-state index in [2.05, 4.69) is 38.1 Å².